The second-order valence-corrected chi connectivity index (χ2v) is 8.95. The number of hydrogen-bond acceptors (Lipinski definition) is 7. The van der Waals surface area contributed by atoms with Crippen molar-refractivity contribution in [3.8, 4) is 11.5 Å². The van der Waals surface area contributed by atoms with Crippen molar-refractivity contribution in [1.82, 2.24) is 5.32 Å². The number of carbonyl (C=O) groups is 1. The van der Waals surface area contributed by atoms with Gasteiger partial charge in [0.15, 0.2) is 16.7 Å². The summed E-state index contributed by atoms with van der Waals surface area (Å²) in [4.78, 5) is 28.5. The molecule has 0 atom stereocenters. The van der Waals surface area contributed by atoms with Gasteiger partial charge in [-0.25, -0.2) is 4.99 Å². The molecule has 3 aromatic carbocycles. The van der Waals surface area contributed by atoms with Crippen LogP contribution in [0.25, 0.3) is 6.08 Å². The lowest BCUT2D eigenvalue weighted by Gasteiger charge is -2.12. The van der Waals surface area contributed by atoms with Crippen LogP contribution in [0, 0.1) is 17.0 Å². The van der Waals surface area contributed by atoms with Gasteiger partial charge in [0.05, 0.1) is 34.3 Å². The molecule has 0 saturated carbocycles. The molecule has 1 N–H and O–H groups in total. The van der Waals surface area contributed by atoms with E-state index in [9.17, 15) is 14.9 Å². The van der Waals surface area contributed by atoms with Crippen LogP contribution in [0.1, 0.15) is 16.7 Å². The van der Waals surface area contributed by atoms with Crippen molar-refractivity contribution in [2.24, 2.45) is 4.99 Å². The molecule has 4 rings (SSSR count). The summed E-state index contributed by atoms with van der Waals surface area (Å²) in [6.45, 7) is 2.10. The molecule has 35 heavy (non-hydrogen) atoms. The molecule has 0 radical (unpaired) electrons. The van der Waals surface area contributed by atoms with Crippen LogP contribution < -0.4 is 14.8 Å². The van der Waals surface area contributed by atoms with Gasteiger partial charge in [-0.15, -0.1) is 0 Å². The van der Waals surface area contributed by atoms with E-state index in [4.69, 9.17) is 21.1 Å². The Kier molecular flexibility index (Phi) is 7.38. The van der Waals surface area contributed by atoms with Crippen molar-refractivity contribution in [1.29, 1.82) is 0 Å². The third kappa shape index (κ3) is 5.82. The zero-order valence-electron chi connectivity index (χ0n) is 18.8. The van der Waals surface area contributed by atoms with Crippen LogP contribution in [0.2, 0.25) is 5.02 Å². The average molecular weight is 510 g/mol. The minimum Gasteiger partial charge on any atom is -0.493 e. The molecule has 0 spiro atoms. The third-order valence-corrected chi connectivity index (χ3v) is 6.39. The topological polar surface area (TPSA) is 103 Å². The van der Waals surface area contributed by atoms with Crippen molar-refractivity contribution < 1.29 is 19.2 Å². The molecule has 0 aliphatic carbocycles. The highest BCUT2D eigenvalue weighted by Crippen LogP contribution is 2.38. The molecule has 1 amide bonds. The zero-order valence-corrected chi connectivity index (χ0v) is 20.4. The second kappa shape index (κ2) is 10.6. The third-order valence-electron chi connectivity index (χ3n) is 5.07. The number of thioether (sulfide) groups is 1. The fraction of sp³-hybridized carbons (Fsp3) is 0.120. The predicted molar refractivity (Wildman–Crippen MR) is 137 cm³/mol. The van der Waals surface area contributed by atoms with Gasteiger partial charge in [0, 0.05) is 5.02 Å². The van der Waals surface area contributed by atoms with Gasteiger partial charge in [0.25, 0.3) is 11.6 Å². The number of aliphatic imine (C=N–C) groups is 1. The summed E-state index contributed by atoms with van der Waals surface area (Å²) in [5.74, 6) is 0.127. The van der Waals surface area contributed by atoms with Gasteiger partial charge in [-0.2, -0.15) is 0 Å². The molecule has 1 saturated heterocycles. The number of aryl methyl sites for hydroxylation is 1. The van der Waals surface area contributed by atoms with E-state index in [1.54, 1.807) is 12.1 Å². The molecule has 3 aromatic rings. The molecular weight excluding hydrogens is 490 g/mol. The van der Waals surface area contributed by atoms with Gasteiger partial charge in [-0.3, -0.25) is 14.9 Å². The first-order valence-electron chi connectivity index (χ1n) is 10.4. The number of amidine groups is 1. The quantitative estimate of drug-likeness (QED) is 0.237. The Morgan fingerprint density at radius 1 is 1.14 bits per heavy atom. The molecule has 1 fully saturated rings. The van der Waals surface area contributed by atoms with E-state index in [1.807, 2.05) is 43.3 Å². The molecule has 0 unspecified atom stereocenters. The number of nitrogens with zero attached hydrogens (tertiary/aromatic N) is 2. The molecule has 10 heteroatoms. The highest BCUT2D eigenvalue weighted by Gasteiger charge is 2.26. The maximum atomic E-state index is 12.5. The number of benzene rings is 3. The zero-order chi connectivity index (χ0) is 24.9. The standard InChI is InChI=1S/C25H20ClN3O5S/c1-15-8-9-18(12-19(15)26)27-25-28-24(30)23(35-25)11-17-10-21(33-2)22(13-20(17)29(31)32)34-14-16-6-4-3-5-7-16/h3-13H,14H2,1-2H3,(H,27,28,30). The van der Waals surface area contributed by atoms with E-state index in [2.05, 4.69) is 10.3 Å². The van der Waals surface area contributed by atoms with Gasteiger partial charge < -0.3 is 14.8 Å². The van der Waals surface area contributed by atoms with E-state index in [0.717, 1.165) is 22.9 Å². The summed E-state index contributed by atoms with van der Waals surface area (Å²) < 4.78 is 11.2. The van der Waals surface area contributed by atoms with E-state index >= 15 is 0 Å². The molecule has 8 nitrogen and oxygen atoms in total. The first-order chi connectivity index (χ1) is 16.8. The number of methoxy groups -OCH3 is 1. The number of carbonyl (C=O) groups excluding carboxylic acids is 1. The van der Waals surface area contributed by atoms with Crippen LogP contribution in [-0.2, 0) is 11.4 Å². The highest BCUT2D eigenvalue weighted by molar-refractivity contribution is 8.18. The number of amides is 1. The number of nitro benzene ring substituents is 1. The minimum absolute atomic E-state index is 0.205. The Morgan fingerprint density at radius 2 is 1.91 bits per heavy atom. The van der Waals surface area contributed by atoms with Crippen LogP contribution >= 0.6 is 23.4 Å². The Bertz CT molecular complexity index is 1360. The molecule has 0 bridgehead atoms. The largest absolute Gasteiger partial charge is 0.493 e. The molecule has 1 aliphatic rings. The van der Waals surface area contributed by atoms with Gasteiger partial charge in [-0.05, 0) is 54.1 Å². The van der Waals surface area contributed by atoms with Gasteiger partial charge in [0.1, 0.15) is 6.61 Å². The molecular formula is C25H20ClN3O5S. The molecule has 0 aromatic heterocycles. The van der Waals surface area contributed by atoms with Gasteiger partial charge >= 0.3 is 0 Å². The second-order valence-electron chi connectivity index (χ2n) is 7.51. The first kappa shape index (κ1) is 24.3. The lowest BCUT2D eigenvalue weighted by Crippen LogP contribution is -2.19. The normalized spacial score (nSPS) is 15.3. The fourth-order valence-electron chi connectivity index (χ4n) is 3.24. The van der Waals surface area contributed by atoms with Crippen molar-refractivity contribution in [3.05, 3.63) is 97.4 Å². The first-order valence-corrected chi connectivity index (χ1v) is 11.6. The number of hydrogen-bond donors (Lipinski definition) is 1. The van der Waals surface area contributed by atoms with Crippen LogP contribution in [-0.4, -0.2) is 23.1 Å². The Balaban J connectivity index is 1.62. The molecule has 178 valence electrons. The van der Waals surface area contributed by atoms with E-state index < -0.39 is 10.8 Å². The number of nitrogens with one attached hydrogen (secondary N) is 1. The van der Waals surface area contributed by atoms with Crippen molar-refractivity contribution >= 4 is 51.9 Å². The number of rotatable bonds is 7. The van der Waals surface area contributed by atoms with Gasteiger partial charge in [0.2, 0.25) is 0 Å². The van der Waals surface area contributed by atoms with Crippen molar-refractivity contribution in [2.45, 2.75) is 13.5 Å². The Labute approximate surface area is 210 Å². The van der Waals surface area contributed by atoms with E-state index in [1.165, 1.54) is 25.3 Å². The van der Waals surface area contributed by atoms with Gasteiger partial charge in [-0.1, -0.05) is 48.0 Å². The van der Waals surface area contributed by atoms with Crippen LogP contribution in [0.4, 0.5) is 11.4 Å². The maximum Gasteiger partial charge on any atom is 0.280 e. The lowest BCUT2D eigenvalue weighted by molar-refractivity contribution is -0.385. The number of ether oxygens (including phenoxy) is 2. The fourth-order valence-corrected chi connectivity index (χ4v) is 4.24. The summed E-state index contributed by atoms with van der Waals surface area (Å²) in [7, 11) is 1.45. The predicted octanol–water partition coefficient (Wildman–Crippen LogP) is 6.04. The van der Waals surface area contributed by atoms with E-state index in [-0.39, 0.29) is 28.5 Å². The lowest BCUT2D eigenvalue weighted by atomic mass is 10.1. The summed E-state index contributed by atoms with van der Waals surface area (Å²) >= 11 is 7.23. The summed E-state index contributed by atoms with van der Waals surface area (Å²) in [6, 6.07) is 17.5. The van der Waals surface area contributed by atoms with Crippen molar-refractivity contribution in [2.75, 3.05) is 7.11 Å². The Morgan fingerprint density at radius 3 is 2.60 bits per heavy atom. The summed E-state index contributed by atoms with van der Waals surface area (Å²) in [6.07, 6.45) is 1.44. The molecule has 1 aliphatic heterocycles. The maximum absolute atomic E-state index is 12.5. The smallest absolute Gasteiger partial charge is 0.280 e. The minimum atomic E-state index is -0.526. The molecule has 1 heterocycles. The summed E-state index contributed by atoms with van der Waals surface area (Å²) in [5.41, 5.74) is 2.39. The Hall–Kier alpha value is -3.82. The highest BCUT2D eigenvalue weighted by atomic mass is 35.5. The summed E-state index contributed by atoms with van der Waals surface area (Å²) in [5, 5.41) is 15.4. The number of halogens is 1. The number of nitro groups is 1. The van der Waals surface area contributed by atoms with Crippen LogP contribution in [0.3, 0.4) is 0 Å². The monoisotopic (exact) mass is 509 g/mol. The van der Waals surface area contributed by atoms with Crippen LogP contribution in [0.15, 0.2) is 70.6 Å². The van der Waals surface area contributed by atoms with Crippen LogP contribution in [0.5, 0.6) is 11.5 Å². The average Bonchev–Trinajstić information content (AvgIpc) is 3.18. The van der Waals surface area contributed by atoms with E-state index in [0.29, 0.717) is 21.6 Å². The SMILES string of the molecule is COc1cc(C=C2SC(=Nc3ccc(C)c(Cl)c3)NC2=O)c([N+](=O)[O-])cc1OCc1ccccc1. The van der Waals surface area contributed by atoms with Crippen molar-refractivity contribution in [3.63, 3.8) is 0 Å².